The standard InChI is InChI=1S/C15H17N3.C2H6/c1-2-11-7-9-12(10-8-11)13-5-3-4-6-14(13)15(16)18-17;1-2/h3-10H,2,17H2,1H3,(H2,16,18);1-2H3. The number of hydrogen-bond acceptors (Lipinski definition) is 2. The molecule has 0 atom stereocenters. The molecule has 0 aliphatic carbocycles. The summed E-state index contributed by atoms with van der Waals surface area (Å²) in [6, 6.07) is 16.3. The Morgan fingerprint density at radius 1 is 1.00 bits per heavy atom. The van der Waals surface area contributed by atoms with Crippen LogP contribution in [0.3, 0.4) is 0 Å². The lowest BCUT2D eigenvalue weighted by Gasteiger charge is -2.09. The van der Waals surface area contributed by atoms with E-state index >= 15 is 0 Å². The third-order valence-electron chi connectivity index (χ3n) is 3.02. The molecule has 2 aromatic rings. The van der Waals surface area contributed by atoms with Gasteiger partial charge >= 0.3 is 0 Å². The Labute approximate surface area is 121 Å². The Hall–Kier alpha value is -2.29. The van der Waals surface area contributed by atoms with Gasteiger partial charge in [0, 0.05) is 5.56 Å². The Morgan fingerprint density at radius 3 is 2.15 bits per heavy atom. The number of benzene rings is 2. The monoisotopic (exact) mass is 269 g/mol. The quantitative estimate of drug-likeness (QED) is 0.387. The van der Waals surface area contributed by atoms with Gasteiger partial charge in [0.1, 0.15) is 0 Å². The Kier molecular flexibility index (Phi) is 6.30. The second-order valence-electron chi connectivity index (χ2n) is 4.11. The van der Waals surface area contributed by atoms with Crippen molar-refractivity contribution in [2.45, 2.75) is 27.2 Å². The summed E-state index contributed by atoms with van der Waals surface area (Å²) >= 11 is 0. The second kappa shape index (κ2) is 8.00. The molecule has 0 saturated heterocycles. The lowest BCUT2D eigenvalue weighted by Crippen LogP contribution is -2.16. The van der Waals surface area contributed by atoms with Gasteiger partial charge in [-0.15, -0.1) is 0 Å². The van der Waals surface area contributed by atoms with E-state index in [4.69, 9.17) is 11.6 Å². The molecule has 0 spiro atoms. The smallest absolute Gasteiger partial charge is 0.150 e. The molecule has 0 aliphatic rings. The summed E-state index contributed by atoms with van der Waals surface area (Å²) in [4.78, 5) is 0. The average molecular weight is 269 g/mol. The van der Waals surface area contributed by atoms with E-state index in [1.54, 1.807) is 0 Å². The fraction of sp³-hybridized carbons (Fsp3) is 0.235. The van der Waals surface area contributed by atoms with E-state index in [1.807, 2.05) is 38.1 Å². The zero-order valence-electron chi connectivity index (χ0n) is 12.4. The van der Waals surface area contributed by atoms with Gasteiger partial charge in [-0.05, 0) is 23.1 Å². The lowest BCUT2D eigenvalue weighted by atomic mass is 9.98. The first kappa shape index (κ1) is 15.8. The number of rotatable bonds is 3. The molecule has 0 aliphatic heterocycles. The maximum atomic E-state index is 5.81. The predicted octanol–water partition coefficient (Wildman–Crippen LogP) is 3.52. The molecule has 0 saturated carbocycles. The normalized spacial score (nSPS) is 10.7. The molecule has 0 bridgehead atoms. The molecule has 0 aromatic heterocycles. The Bertz CT molecular complexity index is 557. The van der Waals surface area contributed by atoms with Crippen molar-refractivity contribution in [1.82, 2.24) is 0 Å². The minimum Gasteiger partial charge on any atom is -0.382 e. The van der Waals surface area contributed by atoms with Crippen molar-refractivity contribution in [3.05, 3.63) is 59.7 Å². The van der Waals surface area contributed by atoms with E-state index in [1.165, 1.54) is 5.56 Å². The maximum Gasteiger partial charge on any atom is 0.150 e. The molecule has 3 nitrogen and oxygen atoms in total. The highest BCUT2D eigenvalue weighted by atomic mass is 15.2. The third kappa shape index (κ3) is 3.60. The molecular formula is C17H23N3. The van der Waals surface area contributed by atoms with E-state index in [0.29, 0.717) is 5.84 Å². The highest BCUT2D eigenvalue weighted by Gasteiger charge is 2.07. The number of nitrogens with zero attached hydrogens (tertiary/aromatic N) is 1. The van der Waals surface area contributed by atoms with Crippen LogP contribution >= 0.6 is 0 Å². The first-order chi connectivity index (χ1) is 9.76. The van der Waals surface area contributed by atoms with Gasteiger partial charge in [-0.1, -0.05) is 69.3 Å². The van der Waals surface area contributed by atoms with E-state index in [-0.39, 0.29) is 0 Å². The summed E-state index contributed by atoms with van der Waals surface area (Å²) in [7, 11) is 0. The topological polar surface area (TPSA) is 64.4 Å². The molecule has 2 aromatic carbocycles. The van der Waals surface area contributed by atoms with Crippen molar-refractivity contribution in [3.8, 4) is 11.1 Å². The Morgan fingerprint density at radius 2 is 1.60 bits per heavy atom. The molecule has 0 fully saturated rings. The molecule has 2 rings (SSSR count). The molecule has 0 heterocycles. The summed E-state index contributed by atoms with van der Waals surface area (Å²) in [5.41, 5.74) is 10.2. The van der Waals surface area contributed by atoms with Crippen molar-refractivity contribution in [3.63, 3.8) is 0 Å². The van der Waals surface area contributed by atoms with E-state index in [9.17, 15) is 0 Å². The van der Waals surface area contributed by atoms with Gasteiger partial charge in [0.15, 0.2) is 5.84 Å². The zero-order valence-corrected chi connectivity index (χ0v) is 12.4. The minimum atomic E-state index is 0.352. The third-order valence-corrected chi connectivity index (χ3v) is 3.02. The van der Waals surface area contributed by atoms with Crippen LogP contribution in [0.15, 0.2) is 53.6 Å². The highest BCUT2D eigenvalue weighted by molar-refractivity contribution is 6.03. The maximum absolute atomic E-state index is 5.81. The van der Waals surface area contributed by atoms with E-state index in [2.05, 4.69) is 36.3 Å². The number of aryl methyl sites for hydroxylation is 1. The van der Waals surface area contributed by atoms with Gasteiger partial charge in [0.25, 0.3) is 0 Å². The van der Waals surface area contributed by atoms with Crippen molar-refractivity contribution in [1.29, 1.82) is 0 Å². The second-order valence-corrected chi connectivity index (χ2v) is 4.11. The number of hydrogen-bond donors (Lipinski definition) is 2. The summed E-state index contributed by atoms with van der Waals surface area (Å²) < 4.78 is 0. The van der Waals surface area contributed by atoms with Crippen LogP contribution < -0.4 is 11.6 Å². The van der Waals surface area contributed by atoms with Gasteiger partial charge in [-0.25, -0.2) is 0 Å². The van der Waals surface area contributed by atoms with Crippen LogP contribution in [0.4, 0.5) is 0 Å². The van der Waals surface area contributed by atoms with Crippen molar-refractivity contribution in [2.24, 2.45) is 16.7 Å². The predicted molar refractivity (Wildman–Crippen MR) is 87.5 cm³/mol. The van der Waals surface area contributed by atoms with Crippen molar-refractivity contribution < 1.29 is 0 Å². The average Bonchev–Trinajstić information content (AvgIpc) is 2.56. The van der Waals surface area contributed by atoms with Crippen LogP contribution in [0, 0.1) is 0 Å². The number of amidine groups is 1. The first-order valence-electron chi connectivity index (χ1n) is 6.98. The van der Waals surface area contributed by atoms with Crippen LogP contribution in [0.2, 0.25) is 0 Å². The molecule has 0 amide bonds. The summed E-state index contributed by atoms with van der Waals surface area (Å²) in [5.74, 6) is 5.61. The molecular weight excluding hydrogens is 246 g/mol. The SMILES string of the molecule is CC.CCc1ccc(-c2ccccc2/C(N)=N/N)cc1. The largest absolute Gasteiger partial charge is 0.382 e. The number of nitrogens with two attached hydrogens (primary N) is 2. The van der Waals surface area contributed by atoms with Crippen LogP contribution in [-0.2, 0) is 6.42 Å². The fourth-order valence-electron chi connectivity index (χ4n) is 1.95. The van der Waals surface area contributed by atoms with Crippen molar-refractivity contribution >= 4 is 5.84 Å². The summed E-state index contributed by atoms with van der Waals surface area (Å²) in [6.07, 6.45) is 1.04. The van der Waals surface area contributed by atoms with Crippen LogP contribution in [0.1, 0.15) is 31.9 Å². The van der Waals surface area contributed by atoms with Crippen LogP contribution in [0.25, 0.3) is 11.1 Å². The zero-order chi connectivity index (χ0) is 15.0. The molecule has 0 radical (unpaired) electrons. The van der Waals surface area contributed by atoms with E-state index < -0.39 is 0 Å². The number of hydrazone groups is 1. The van der Waals surface area contributed by atoms with Gasteiger partial charge < -0.3 is 11.6 Å². The van der Waals surface area contributed by atoms with Crippen LogP contribution in [-0.4, -0.2) is 5.84 Å². The molecule has 3 heteroatoms. The molecule has 0 unspecified atom stereocenters. The summed E-state index contributed by atoms with van der Waals surface area (Å²) in [6.45, 7) is 6.14. The van der Waals surface area contributed by atoms with Gasteiger partial charge in [-0.2, -0.15) is 5.10 Å². The minimum absolute atomic E-state index is 0.352. The lowest BCUT2D eigenvalue weighted by molar-refractivity contribution is 1.14. The van der Waals surface area contributed by atoms with Gasteiger partial charge in [0.05, 0.1) is 0 Å². The van der Waals surface area contributed by atoms with Gasteiger partial charge in [-0.3, -0.25) is 0 Å². The molecule has 4 N–H and O–H groups in total. The van der Waals surface area contributed by atoms with Crippen molar-refractivity contribution in [2.75, 3.05) is 0 Å². The van der Waals surface area contributed by atoms with E-state index in [0.717, 1.165) is 23.1 Å². The molecule has 106 valence electrons. The molecule has 20 heavy (non-hydrogen) atoms. The fourth-order valence-corrected chi connectivity index (χ4v) is 1.95. The first-order valence-corrected chi connectivity index (χ1v) is 6.98. The Balaban J connectivity index is 0.000000956. The highest BCUT2D eigenvalue weighted by Crippen LogP contribution is 2.24. The van der Waals surface area contributed by atoms with Crippen LogP contribution in [0.5, 0.6) is 0 Å². The summed E-state index contributed by atoms with van der Waals surface area (Å²) in [5, 5.41) is 3.57. The van der Waals surface area contributed by atoms with Gasteiger partial charge in [0.2, 0.25) is 0 Å².